The van der Waals surface area contributed by atoms with E-state index in [0.717, 1.165) is 0 Å². The molecule has 2 heterocycles. The number of pyridine rings is 1. The minimum atomic E-state index is -0.981. The third-order valence-electron chi connectivity index (χ3n) is 3.45. The van der Waals surface area contributed by atoms with Gasteiger partial charge in [-0.25, -0.2) is 4.98 Å². The van der Waals surface area contributed by atoms with E-state index in [0.29, 0.717) is 30.1 Å². The zero-order chi connectivity index (χ0) is 15.5. The lowest BCUT2D eigenvalue weighted by molar-refractivity contribution is -0.158. The van der Waals surface area contributed by atoms with Crippen LogP contribution in [-0.4, -0.2) is 28.9 Å². The van der Waals surface area contributed by atoms with Crippen LogP contribution in [0.25, 0.3) is 0 Å². The average molecular weight is 311 g/mol. The highest BCUT2D eigenvalue weighted by molar-refractivity contribution is 6.30. The van der Waals surface area contributed by atoms with E-state index in [1.807, 2.05) is 13.8 Å². The van der Waals surface area contributed by atoms with Crippen LogP contribution in [0.2, 0.25) is 5.02 Å². The fraction of sp³-hybridized carbons (Fsp3) is 0.533. The van der Waals surface area contributed by atoms with E-state index in [-0.39, 0.29) is 24.2 Å². The van der Waals surface area contributed by atoms with E-state index in [1.54, 1.807) is 12.1 Å². The molecular formula is C15H19ClN2O3. The Kier molecular flexibility index (Phi) is 4.83. The maximum Gasteiger partial charge on any atom is 0.306 e. The van der Waals surface area contributed by atoms with E-state index in [9.17, 15) is 9.59 Å². The van der Waals surface area contributed by atoms with Crippen LogP contribution in [0.5, 0.6) is 0 Å². The molecule has 0 spiro atoms. The number of nitrogens with one attached hydrogen (secondary N) is 1. The number of ether oxygens (including phenoxy) is 1. The number of nitrogens with zero attached hydrogens (tertiary/aromatic N) is 1. The first-order valence-corrected chi connectivity index (χ1v) is 7.40. The second kappa shape index (κ2) is 6.43. The number of Topliss-reactive ketones (excluding diaryl/α,β-unsaturated/α-hetero) is 1. The predicted molar refractivity (Wildman–Crippen MR) is 80.3 cm³/mol. The number of anilines is 1. The Hall–Kier alpha value is -1.62. The third-order valence-corrected chi connectivity index (χ3v) is 3.67. The van der Waals surface area contributed by atoms with Gasteiger partial charge in [-0.2, -0.15) is 0 Å². The first kappa shape index (κ1) is 15.8. The number of hydrogen-bond acceptors (Lipinski definition) is 5. The molecule has 6 heteroatoms. The highest BCUT2D eigenvalue weighted by atomic mass is 35.5. The number of carbonyl (C=O) groups is 2. The summed E-state index contributed by atoms with van der Waals surface area (Å²) in [6.45, 7) is 4.10. The van der Waals surface area contributed by atoms with Gasteiger partial charge >= 0.3 is 5.97 Å². The lowest BCUT2D eigenvalue weighted by Crippen LogP contribution is -2.43. The summed E-state index contributed by atoms with van der Waals surface area (Å²) >= 11 is 5.76. The normalized spacial score (nSPS) is 21.4. The van der Waals surface area contributed by atoms with Gasteiger partial charge in [0.15, 0.2) is 11.4 Å². The van der Waals surface area contributed by atoms with Gasteiger partial charge in [-0.15, -0.1) is 0 Å². The van der Waals surface area contributed by atoms with Gasteiger partial charge in [-0.1, -0.05) is 25.4 Å². The number of hydrogen-bond donors (Lipinski definition) is 1. The van der Waals surface area contributed by atoms with E-state index in [4.69, 9.17) is 16.3 Å². The molecule has 21 heavy (non-hydrogen) atoms. The maximum absolute atomic E-state index is 12.5. The number of cyclic esters (lactones) is 1. The van der Waals surface area contributed by atoms with Crippen LogP contribution in [0.15, 0.2) is 18.3 Å². The van der Waals surface area contributed by atoms with Crippen LogP contribution in [0, 0.1) is 5.92 Å². The molecule has 1 aromatic heterocycles. The van der Waals surface area contributed by atoms with Gasteiger partial charge in [-0.3, -0.25) is 9.59 Å². The molecular weight excluding hydrogens is 292 g/mol. The summed E-state index contributed by atoms with van der Waals surface area (Å²) in [4.78, 5) is 28.0. The molecule has 0 aliphatic carbocycles. The van der Waals surface area contributed by atoms with Crippen molar-refractivity contribution in [3.63, 3.8) is 0 Å². The first-order valence-electron chi connectivity index (χ1n) is 7.02. The number of esters is 1. The van der Waals surface area contributed by atoms with Gasteiger partial charge in [0.1, 0.15) is 5.82 Å². The molecule has 1 N–H and O–H groups in total. The van der Waals surface area contributed by atoms with Crippen molar-refractivity contribution in [1.82, 2.24) is 4.98 Å². The van der Waals surface area contributed by atoms with Crippen LogP contribution in [0.4, 0.5) is 5.82 Å². The summed E-state index contributed by atoms with van der Waals surface area (Å²) in [7, 11) is 0. The number of halogens is 1. The molecule has 0 radical (unpaired) electrons. The number of rotatable bonds is 6. The van der Waals surface area contributed by atoms with E-state index in [2.05, 4.69) is 10.3 Å². The van der Waals surface area contributed by atoms with Crippen molar-refractivity contribution in [3.8, 4) is 0 Å². The molecule has 5 nitrogen and oxygen atoms in total. The van der Waals surface area contributed by atoms with Crippen molar-refractivity contribution in [3.05, 3.63) is 23.4 Å². The van der Waals surface area contributed by atoms with Crippen molar-refractivity contribution in [2.75, 3.05) is 11.9 Å². The second-order valence-electron chi connectivity index (χ2n) is 5.70. The molecule has 0 amide bonds. The molecule has 1 fully saturated rings. The maximum atomic E-state index is 12.5. The van der Waals surface area contributed by atoms with E-state index >= 15 is 0 Å². The van der Waals surface area contributed by atoms with Crippen molar-refractivity contribution < 1.29 is 14.3 Å². The SMILES string of the molecule is CC(C)C[C@]1(C(=O)CNc2ccc(Cl)cn2)CCC(=O)O1. The Morgan fingerprint density at radius 2 is 2.29 bits per heavy atom. The Bertz CT molecular complexity index is 530. The third kappa shape index (κ3) is 3.94. The molecule has 0 saturated carbocycles. The molecule has 0 unspecified atom stereocenters. The Labute approximate surface area is 129 Å². The molecule has 1 aliphatic rings. The summed E-state index contributed by atoms with van der Waals surface area (Å²) < 4.78 is 5.36. The van der Waals surface area contributed by atoms with Gasteiger partial charge in [0, 0.05) is 19.0 Å². The molecule has 0 bridgehead atoms. The second-order valence-corrected chi connectivity index (χ2v) is 6.14. The number of aromatic nitrogens is 1. The smallest absolute Gasteiger partial charge is 0.306 e. The predicted octanol–water partition coefficient (Wildman–Crippen LogP) is 2.84. The Morgan fingerprint density at radius 3 is 2.81 bits per heavy atom. The lowest BCUT2D eigenvalue weighted by Gasteiger charge is -2.28. The minimum absolute atomic E-state index is 0.0780. The standard InChI is InChI=1S/C15H19ClN2O3/c1-10(2)7-15(6-5-14(20)21-15)12(19)9-18-13-4-3-11(16)8-17-13/h3-4,8,10H,5-7,9H2,1-2H3,(H,17,18)/t15-/m0/s1. The fourth-order valence-corrected chi connectivity index (χ4v) is 2.66. The van der Waals surface area contributed by atoms with Gasteiger partial charge in [0.25, 0.3) is 0 Å². The van der Waals surface area contributed by atoms with E-state index < -0.39 is 5.60 Å². The summed E-state index contributed by atoms with van der Waals surface area (Å²) in [5, 5.41) is 3.49. The molecule has 1 saturated heterocycles. The monoisotopic (exact) mass is 310 g/mol. The number of carbonyl (C=O) groups excluding carboxylic acids is 2. The number of ketones is 1. The fourth-order valence-electron chi connectivity index (χ4n) is 2.55. The van der Waals surface area contributed by atoms with Crippen LogP contribution in [-0.2, 0) is 14.3 Å². The molecule has 1 aromatic rings. The van der Waals surface area contributed by atoms with Crippen molar-refractivity contribution >= 4 is 29.2 Å². The molecule has 1 atom stereocenters. The van der Waals surface area contributed by atoms with Gasteiger partial charge in [0.05, 0.1) is 11.6 Å². The average Bonchev–Trinajstić information content (AvgIpc) is 2.79. The van der Waals surface area contributed by atoms with Gasteiger partial charge in [0.2, 0.25) is 0 Å². The van der Waals surface area contributed by atoms with Crippen LogP contribution in [0.1, 0.15) is 33.1 Å². The van der Waals surface area contributed by atoms with Crippen molar-refractivity contribution in [2.45, 2.75) is 38.7 Å². The van der Waals surface area contributed by atoms with Crippen LogP contribution < -0.4 is 5.32 Å². The highest BCUT2D eigenvalue weighted by Gasteiger charge is 2.46. The molecule has 2 rings (SSSR count). The Balaban J connectivity index is 2.02. The van der Waals surface area contributed by atoms with E-state index in [1.165, 1.54) is 6.20 Å². The molecule has 1 aliphatic heterocycles. The molecule has 114 valence electrons. The zero-order valence-corrected chi connectivity index (χ0v) is 12.9. The summed E-state index contributed by atoms with van der Waals surface area (Å²) in [6.07, 6.45) is 2.82. The quantitative estimate of drug-likeness (QED) is 0.818. The Morgan fingerprint density at radius 1 is 1.52 bits per heavy atom. The summed E-state index contributed by atoms with van der Waals surface area (Å²) in [5.41, 5.74) is -0.981. The van der Waals surface area contributed by atoms with Crippen molar-refractivity contribution in [1.29, 1.82) is 0 Å². The minimum Gasteiger partial charge on any atom is -0.451 e. The summed E-state index contributed by atoms with van der Waals surface area (Å²) in [5.74, 6) is 0.428. The lowest BCUT2D eigenvalue weighted by atomic mass is 9.86. The molecule has 0 aromatic carbocycles. The summed E-state index contributed by atoms with van der Waals surface area (Å²) in [6, 6.07) is 3.40. The highest BCUT2D eigenvalue weighted by Crippen LogP contribution is 2.34. The van der Waals surface area contributed by atoms with Crippen molar-refractivity contribution in [2.24, 2.45) is 5.92 Å². The first-order chi connectivity index (χ1) is 9.91. The van der Waals surface area contributed by atoms with Crippen LogP contribution >= 0.6 is 11.6 Å². The van der Waals surface area contributed by atoms with Gasteiger partial charge < -0.3 is 10.1 Å². The van der Waals surface area contributed by atoms with Crippen LogP contribution in [0.3, 0.4) is 0 Å². The van der Waals surface area contributed by atoms with Gasteiger partial charge in [-0.05, 0) is 24.5 Å². The largest absolute Gasteiger partial charge is 0.451 e. The topological polar surface area (TPSA) is 68.3 Å². The zero-order valence-electron chi connectivity index (χ0n) is 12.2.